The predicted octanol–water partition coefficient (Wildman–Crippen LogP) is 0.919. The highest BCUT2D eigenvalue weighted by Crippen LogP contribution is 2.06. The molecule has 64 valence electrons. The number of nitrogens with two attached hydrogens (primary N) is 1. The van der Waals surface area contributed by atoms with Gasteiger partial charge in [0.05, 0.1) is 17.8 Å². The van der Waals surface area contributed by atoms with E-state index in [0.717, 1.165) is 5.69 Å². The van der Waals surface area contributed by atoms with Crippen LogP contribution >= 0.6 is 12.2 Å². The topological polar surface area (TPSA) is 48.1 Å². The summed E-state index contributed by atoms with van der Waals surface area (Å²) in [4.78, 5) is 4.58. The normalized spacial score (nSPS) is 9.42. The lowest BCUT2D eigenvalue weighted by Gasteiger charge is -2.01. The van der Waals surface area contributed by atoms with Crippen LogP contribution in [0.1, 0.15) is 5.69 Å². The Morgan fingerprint density at radius 1 is 1.67 bits per heavy atom. The molecule has 1 rings (SSSR count). The van der Waals surface area contributed by atoms with Crippen LogP contribution < -0.4 is 10.5 Å². The lowest BCUT2D eigenvalue weighted by molar-refractivity contribution is 0.396. The van der Waals surface area contributed by atoms with E-state index >= 15 is 0 Å². The fraction of sp³-hybridized carbons (Fsp3) is 0.250. The van der Waals surface area contributed by atoms with Gasteiger partial charge in [0, 0.05) is 12.5 Å². The molecule has 0 spiro atoms. The average molecular weight is 182 g/mol. The summed E-state index contributed by atoms with van der Waals surface area (Å²) in [5.41, 5.74) is 6.20. The molecule has 0 amide bonds. The van der Waals surface area contributed by atoms with Gasteiger partial charge in [-0.3, -0.25) is 0 Å². The minimum Gasteiger partial charge on any atom is -0.481 e. The lowest BCUT2D eigenvalue weighted by Crippen LogP contribution is -2.12. The zero-order chi connectivity index (χ0) is 8.97. The van der Waals surface area contributed by atoms with E-state index in [-0.39, 0.29) is 0 Å². The molecule has 2 N–H and O–H groups in total. The van der Waals surface area contributed by atoms with E-state index in [1.807, 2.05) is 12.1 Å². The van der Waals surface area contributed by atoms with Gasteiger partial charge in [-0.15, -0.1) is 0 Å². The summed E-state index contributed by atoms with van der Waals surface area (Å²) in [7, 11) is 1.58. The van der Waals surface area contributed by atoms with Gasteiger partial charge in [-0.2, -0.15) is 0 Å². The molecule has 0 unspecified atom stereocenters. The van der Waals surface area contributed by atoms with E-state index in [1.54, 1.807) is 13.2 Å². The van der Waals surface area contributed by atoms with Gasteiger partial charge in [0.25, 0.3) is 0 Å². The van der Waals surface area contributed by atoms with Gasteiger partial charge >= 0.3 is 0 Å². The van der Waals surface area contributed by atoms with Gasteiger partial charge in [0.2, 0.25) is 5.88 Å². The quantitative estimate of drug-likeness (QED) is 0.706. The fourth-order valence-electron chi connectivity index (χ4n) is 0.848. The third-order valence-corrected chi connectivity index (χ3v) is 1.49. The second-order valence-corrected chi connectivity index (χ2v) is 2.84. The number of rotatable bonds is 3. The van der Waals surface area contributed by atoms with Crippen molar-refractivity contribution >= 4 is 17.2 Å². The molecule has 0 saturated carbocycles. The number of nitrogens with zero attached hydrogens (tertiary/aromatic N) is 1. The summed E-state index contributed by atoms with van der Waals surface area (Å²) in [5.74, 6) is 0.587. The van der Waals surface area contributed by atoms with E-state index in [4.69, 9.17) is 22.7 Å². The monoisotopic (exact) mass is 182 g/mol. The number of methoxy groups -OCH3 is 1. The summed E-state index contributed by atoms with van der Waals surface area (Å²) in [6.45, 7) is 0. The average Bonchev–Trinajstić information content (AvgIpc) is 2.03. The van der Waals surface area contributed by atoms with Crippen molar-refractivity contribution in [3.8, 4) is 5.88 Å². The Balaban J connectivity index is 2.79. The summed E-state index contributed by atoms with van der Waals surface area (Å²) >= 11 is 4.75. The molecule has 1 heterocycles. The predicted molar refractivity (Wildman–Crippen MR) is 51.3 cm³/mol. The fourth-order valence-corrected chi connectivity index (χ4v) is 0.996. The third kappa shape index (κ3) is 2.47. The zero-order valence-corrected chi connectivity index (χ0v) is 7.60. The van der Waals surface area contributed by atoms with E-state index in [0.29, 0.717) is 17.3 Å². The molecule has 4 heteroatoms. The number of hydrogen-bond donors (Lipinski definition) is 1. The molecule has 3 nitrogen and oxygen atoms in total. The van der Waals surface area contributed by atoms with E-state index in [1.165, 1.54) is 0 Å². The van der Waals surface area contributed by atoms with E-state index in [2.05, 4.69) is 4.98 Å². The molecule has 12 heavy (non-hydrogen) atoms. The molecule has 0 atom stereocenters. The van der Waals surface area contributed by atoms with Crippen LogP contribution in [0, 0.1) is 0 Å². The molecule has 0 radical (unpaired) electrons. The van der Waals surface area contributed by atoms with Crippen LogP contribution in [0.4, 0.5) is 0 Å². The Labute approximate surface area is 76.6 Å². The van der Waals surface area contributed by atoms with Crippen molar-refractivity contribution in [1.82, 2.24) is 4.98 Å². The van der Waals surface area contributed by atoms with Crippen molar-refractivity contribution in [3.63, 3.8) is 0 Å². The first-order valence-corrected chi connectivity index (χ1v) is 3.91. The standard InChI is InChI=1S/C8H10N2OS/c1-11-8-4-2-3-6(10-8)5-7(9)12/h2-4H,5H2,1H3,(H2,9,12). The summed E-state index contributed by atoms with van der Waals surface area (Å²) in [6.07, 6.45) is 0.520. The first-order chi connectivity index (χ1) is 5.72. The summed E-state index contributed by atoms with van der Waals surface area (Å²) < 4.78 is 4.94. The molecule has 0 aliphatic heterocycles. The summed E-state index contributed by atoms with van der Waals surface area (Å²) in [5, 5.41) is 0. The Morgan fingerprint density at radius 2 is 2.42 bits per heavy atom. The van der Waals surface area contributed by atoms with Crippen molar-refractivity contribution < 1.29 is 4.74 Å². The summed E-state index contributed by atoms with van der Waals surface area (Å²) in [6, 6.07) is 5.50. The van der Waals surface area contributed by atoms with Crippen molar-refractivity contribution in [2.45, 2.75) is 6.42 Å². The third-order valence-electron chi connectivity index (χ3n) is 1.35. The highest BCUT2D eigenvalue weighted by molar-refractivity contribution is 7.80. The first-order valence-electron chi connectivity index (χ1n) is 3.50. The first kappa shape index (κ1) is 8.93. The van der Waals surface area contributed by atoms with Crippen LogP contribution in [-0.4, -0.2) is 17.1 Å². The number of pyridine rings is 1. The van der Waals surface area contributed by atoms with Crippen LogP contribution in [-0.2, 0) is 6.42 Å². The molecule has 0 fully saturated rings. The SMILES string of the molecule is COc1cccc(CC(N)=S)n1. The largest absolute Gasteiger partial charge is 0.481 e. The molecule has 0 saturated heterocycles. The molecule has 0 aliphatic carbocycles. The zero-order valence-electron chi connectivity index (χ0n) is 6.78. The Kier molecular flexibility index (Phi) is 2.99. The van der Waals surface area contributed by atoms with Crippen molar-refractivity contribution in [2.75, 3.05) is 7.11 Å². The van der Waals surface area contributed by atoms with E-state index < -0.39 is 0 Å². The van der Waals surface area contributed by atoms with Crippen LogP contribution in [0.25, 0.3) is 0 Å². The molecular weight excluding hydrogens is 172 g/mol. The number of ether oxygens (including phenoxy) is 1. The molecule has 0 aliphatic rings. The van der Waals surface area contributed by atoms with Gasteiger partial charge in [-0.1, -0.05) is 18.3 Å². The molecule has 1 aromatic heterocycles. The second-order valence-electron chi connectivity index (χ2n) is 2.31. The van der Waals surface area contributed by atoms with Crippen LogP contribution in [0.15, 0.2) is 18.2 Å². The van der Waals surface area contributed by atoms with Crippen LogP contribution in [0.3, 0.4) is 0 Å². The van der Waals surface area contributed by atoms with Gasteiger partial charge < -0.3 is 10.5 Å². The maximum absolute atomic E-state index is 5.37. The molecular formula is C8H10N2OS. The van der Waals surface area contributed by atoms with E-state index in [9.17, 15) is 0 Å². The number of hydrogen-bond acceptors (Lipinski definition) is 3. The second kappa shape index (κ2) is 4.01. The Hall–Kier alpha value is -1.16. The van der Waals surface area contributed by atoms with Gasteiger partial charge in [-0.05, 0) is 6.07 Å². The number of thiocarbonyl (C=S) groups is 1. The minimum absolute atomic E-state index is 0.441. The number of aromatic nitrogens is 1. The minimum atomic E-state index is 0.441. The van der Waals surface area contributed by atoms with Crippen LogP contribution in [0.5, 0.6) is 5.88 Å². The smallest absolute Gasteiger partial charge is 0.213 e. The Bertz CT molecular complexity index is 288. The van der Waals surface area contributed by atoms with Crippen LogP contribution in [0.2, 0.25) is 0 Å². The maximum atomic E-state index is 5.37. The highest BCUT2D eigenvalue weighted by atomic mass is 32.1. The Morgan fingerprint density at radius 3 is 3.00 bits per heavy atom. The van der Waals surface area contributed by atoms with Gasteiger partial charge in [0.15, 0.2) is 0 Å². The molecule has 0 aromatic carbocycles. The van der Waals surface area contributed by atoms with Gasteiger partial charge in [-0.25, -0.2) is 4.98 Å². The van der Waals surface area contributed by atoms with Gasteiger partial charge in [0.1, 0.15) is 0 Å². The highest BCUT2D eigenvalue weighted by Gasteiger charge is 1.98. The maximum Gasteiger partial charge on any atom is 0.213 e. The lowest BCUT2D eigenvalue weighted by atomic mass is 10.3. The molecule has 1 aromatic rings. The van der Waals surface area contributed by atoms with Crippen molar-refractivity contribution in [2.24, 2.45) is 5.73 Å². The molecule has 0 bridgehead atoms. The van der Waals surface area contributed by atoms with Crippen molar-refractivity contribution in [3.05, 3.63) is 23.9 Å². The van der Waals surface area contributed by atoms with Crippen molar-refractivity contribution in [1.29, 1.82) is 0 Å².